The summed E-state index contributed by atoms with van der Waals surface area (Å²) in [4.78, 5) is 18.2. The molecule has 0 bridgehead atoms. The van der Waals surface area contributed by atoms with Crippen LogP contribution in [-0.4, -0.2) is 50.1 Å². The van der Waals surface area contributed by atoms with E-state index in [0.717, 1.165) is 18.7 Å². The van der Waals surface area contributed by atoms with Crippen molar-refractivity contribution in [3.63, 3.8) is 0 Å². The van der Waals surface area contributed by atoms with E-state index in [2.05, 4.69) is 15.2 Å². The molecule has 0 unspecified atom stereocenters. The minimum absolute atomic E-state index is 0.0381. The highest BCUT2D eigenvalue weighted by Gasteiger charge is 2.11. The van der Waals surface area contributed by atoms with Crippen molar-refractivity contribution < 1.29 is 14.3 Å². The Balaban J connectivity index is 1.97. The number of hydrogen-bond donors (Lipinski definition) is 2. The number of amides is 1. The van der Waals surface area contributed by atoms with Crippen molar-refractivity contribution in [2.45, 2.75) is 39.2 Å². The topological polar surface area (TPSA) is 89.2 Å². The van der Waals surface area contributed by atoms with E-state index < -0.39 is 0 Å². The Morgan fingerprint density at radius 2 is 1.96 bits per heavy atom. The number of guanidine groups is 1. The number of methoxy groups -OCH3 is 1. The molecule has 0 spiro atoms. The molecule has 7 heteroatoms. The fourth-order valence-electron chi connectivity index (χ4n) is 2.89. The SMILES string of the molecule is CCNC(=O)COc1ccc(CN=C(N)N2CCCCCC2)cc1OC. The number of hydrogen-bond acceptors (Lipinski definition) is 4. The van der Waals surface area contributed by atoms with Crippen molar-refractivity contribution in [2.75, 3.05) is 33.4 Å². The number of nitrogens with zero attached hydrogens (tertiary/aromatic N) is 2. The number of rotatable bonds is 7. The fourth-order valence-corrected chi connectivity index (χ4v) is 2.89. The lowest BCUT2D eigenvalue weighted by Gasteiger charge is -2.21. The summed E-state index contributed by atoms with van der Waals surface area (Å²) in [6.07, 6.45) is 4.86. The molecule has 1 aromatic carbocycles. The van der Waals surface area contributed by atoms with Crippen LogP contribution >= 0.6 is 0 Å². The Morgan fingerprint density at radius 1 is 1.23 bits per heavy atom. The molecular formula is C19H30N4O3. The average molecular weight is 362 g/mol. The molecular weight excluding hydrogens is 332 g/mol. The van der Waals surface area contributed by atoms with E-state index in [1.165, 1.54) is 25.7 Å². The largest absolute Gasteiger partial charge is 0.493 e. The van der Waals surface area contributed by atoms with Gasteiger partial charge in [-0.25, -0.2) is 4.99 Å². The van der Waals surface area contributed by atoms with Crippen molar-refractivity contribution in [1.29, 1.82) is 0 Å². The maximum atomic E-state index is 11.5. The number of nitrogens with two attached hydrogens (primary N) is 1. The maximum absolute atomic E-state index is 11.5. The number of carbonyl (C=O) groups is 1. The van der Waals surface area contributed by atoms with Gasteiger partial charge in [0.2, 0.25) is 0 Å². The van der Waals surface area contributed by atoms with Crippen molar-refractivity contribution in [2.24, 2.45) is 10.7 Å². The minimum atomic E-state index is -0.159. The van der Waals surface area contributed by atoms with Crippen LogP contribution in [0.5, 0.6) is 11.5 Å². The van der Waals surface area contributed by atoms with E-state index in [1.807, 2.05) is 19.1 Å². The third-order valence-corrected chi connectivity index (χ3v) is 4.31. The Labute approximate surface area is 155 Å². The van der Waals surface area contributed by atoms with E-state index in [-0.39, 0.29) is 12.5 Å². The van der Waals surface area contributed by atoms with Crippen molar-refractivity contribution in [1.82, 2.24) is 10.2 Å². The number of nitrogens with one attached hydrogen (secondary N) is 1. The van der Waals surface area contributed by atoms with Crippen molar-refractivity contribution in [3.05, 3.63) is 23.8 Å². The lowest BCUT2D eigenvalue weighted by atomic mass is 10.2. The highest BCUT2D eigenvalue weighted by atomic mass is 16.5. The molecule has 1 heterocycles. The third kappa shape index (κ3) is 6.13. The van der Waals surface area contributed by atoms with Crippen molar-refractivity contribution >= 4 is 11.9 Å². The minimum Gasteiger partial charge on any atom is -0.493 e. The second-order valence-electron chi connectivity index (χ2n) is 6.30. The van der Waals surface area contributed by atoms with E-state index >= 15 is 0 Å². The van der Waals surface area contributed by atoms with Gasteiger partial charge in [-0.2, -0.15) is 0 Å². The summed E-state index contributed by atoms with van der Waals surface area (Å²) in [7, 11) is 1.58. The molecule has 1 amide bonds. The first-order valence-electron chi connectivity index (χ1n) is 9.25. The van der Waals surface area contributed by atoms with Crippen LogP contribution in [0.2, 0.25) is 0 Å². The van der Waals surface area contributed by atoms with Gasteiger partial charge >= 0.3 is 0 Å². The van der Waals surface area contributed by atoms with Gasteiger partial charge in [0.05, 0.1) is 13.7 Å². The van der Waals surface area contributed by atoms with Gasteiger partial charge in [0, 0.05) is 19.6 Å². The van der Waals surface area contributed by atoms with Crippen LogP contribution in [0.15, 0.2) is 23.2 Å². The highest BCUT2D eigenvalue weighted by Crippen LogP contribution is 2.28. The first-order valence-corrected chi connectivity index (χ1v) is 9.25. The lowest BCUT2D eigenvalue weighted by molar-refractivity contribution is -0.123. The summed E-state index contributed by atoms with van der Waals surface area (Å²) >= 11 is 0. The predicted molar refractivity (Wildman–Crippen MR) is 103 cm³/mol. The molecule has 3 N–H and O–H groups in total. The summed E-state index contributed by atoms with van der Waals surface area (Å²) in [5.74, 6) is 1.55. The standard InChI is InChI=1S/C19H30N4O3/c1-3-21-18(24)14-26-16-9-8-15(12-17(16)25-2)13-22-19(20)23-10-6-4-5-7-11-23/h8-9,12H,3-7,10-11,13-14H2,1-2H3,(H2,20,22)(H,21,24). The first-order chi connectivity index (χ1) is 12.6. The number of aliphatic imine (C=N–C) groups is 1. The van der Waals surface area contributed by atoms with Crippen LogP contribution in [0.3, 0.4) is 0 Å². The molecule has 0 radical (unpaired) electrons. The molecule has 0 saturated carbocycles. The summed E-state index contributed by atoms with van der Waals surface area (Å²) in [5, 5.41) is 2.69. The zero-order valence-electron chi connectivity index (χ0n) is 15.8. The molecule has 1 fully saturated rings. The molecule has 2 rings (SSSR count). The van der Waals surface area contributed by atoms with Gasteiger partial charge in [-0.1, -0.05) is 18.9 Å². The molecule has 144 valence electrons. The maximum Gasteiger partial charge on any atom is 0.257 e. The van der Waals surface area contributed by atoms with Crippen LogP contribution in [0.25, 0.3) is 0 Å². The van der Waals surface area contributed by atoms with Crippen LogP contribution in [0.1, 0.15) is 38.2 Å². The average Bonchev–Trinajstić information content (AvgIpc) is 2.94. The Morgan fingerprint density at radius 3 is 2.62 bits per heavy atom. The molecule has 7 nitrogen and oxygen atoms in total. The van der Waals surface area contributed by atoms with Crippen LogP contribution < -0.4 is 20.5 Å². The zero-order valence-corrected chi connectivity index (χ0v) is 15.8. The highest BCUT2D eigenvalue weighted by molar-refractivity contribution is 5.78. The molecule has 1 aliphatic heterocycles. The summed E-state index contributed by atoms with van der Waals surface area (Å²) in [6.45, 7) is 4.84. The predicted octanol–water partition coefficient (Wildman–Crippen LogP) is 1.90. The molecule has 26 heavy (non-hydrogen) atoms. The first kappa shape index (κ1) is 19.9. The van der Waals surface area contributed by atoms with Gasteiger partial charge in [0.15, 0.2) is 24.1 Å². The van der Waals surface area contributed by atoms with E-state index in [1.54, 1.807) is 13.2 Å². The Bertz CT molecular complexity index is 611. The second-order valence-corrected chi connectivity index (χ2v) is 6.30. The summed E-state index contributed by atoms with van der Waals surface area (Å²) in [5.41, 5.74) is 7.13. The van der Waals surface area contributed by atoms with E-state index in [9.17, 15) is 4.79 Å². The molecule has 0 atom stereocenters. The zero-order chi connectivity index (χ0) is 18.8. The van der Waals surface area contributed by atoms with Gasteiger partial charge in [0.25, 0.3) is 5.91 Å². The normalized spacial score (nSPS) is 15.3. The van der Waals surface area contributed by atoms with Gasteiger partial charge < -0.3 is 25.4 Å². The smallest absolute Gasteiger partial charge is 0.257 e. The molecule has 0 aromatic heterocycles. The van der Waals surface area contributed by atoms with Crippen molar-refractivity contribution in [3.8, 4) is 11.5 Å². The second kappa shape index (κ2) is 10.5. The number of likely N-dealkylation sites (tertiary alicyclic amines) is 1. The summed E-state index contributed by atoms with van der Waals surface area (Å²) < 4.78 is 10.9. The molecule has 1 aliphatic rings. The quantitative estimate of drug-likeness (QED) is 0.571. The van der Waals surface area contributed by atoms with Gasteiger partial charge in [-0.15, -0.1) is 0 Å². The van der Waals surface area contributed by atoms with E-state index in [4.69, 9.17) is 15.2 Å². The van der Waals surface area contributed by atoms with Crippen LogP contribution in [-0.2, 0) is 11.3 Å². The Kier molecular flexibility index (Phi) is 8.05. The van der Waals surface area contributed by atoms with Gasteiger partial charge in [0.1, 0.15) is 0 Å². The lowest BCUT2D eigenvalue weighted by Crippen LogP contribution is -2.38. The van der Waals surface area contributed by atoms with Gasteiger partial charge in [-0.05, 0) is 37.5 Å². The molecule has 1 saturated heterocycles. The van der Waals surface area contributed by atoms with Gasteiger partial charge in [-0.3, -0.25) is 4.79 Å². The number of likely N-dealkylation sites (N-methyl/N-ethyl adjacent to an activating group) is 1. The third-order valence-electron chi connectivity index (χ3n) is 4.31. The van der Waals surface area contributed by atoms with Crippen LogP contribution in [0.4, 0.5) is 0 Å². The van der Waals surface area contributed by atoms with E-state index in [0.29, 0.717) is 30.5 Å². The number of carbonyl (C=O) groups excluding carboxylic acids is 1. The monoisotopic (exact) mass is 362 g/mol. The number of ether oxygens (including phenoxy) is 2. The van der Waals surface area contributed by atoms with Crippen LogP contribution in [0, 0.1) is 0 Å². The Hall–Kier alpha value is -2.44. The fraction of sp³-hybridized carbons (Fsp3) is 0.579. The molecule has 1 aromatic rings. The molecule has 0 aliphatic carbocycles. The number of benzene rings is 1. The summed E-state index contributed by atoms with van der Waals surface area (Å²) in [6, 6.07) is 5.58.